The Morgan fingerprint density at radius 3 is 1.31 bits per heavy atom. The largest absolute Gasteiger partial charge is 0.300 e. The Morgan fingerprint density at radius 2 is 1.06 bits per heavy atom. The standard InChI is InChI=1S/C12H22N4/c1-13-5-11-3-9(13)7-15(11)16-8-10-4-12(16)6-14(10)2/h9-12H,3-8H2,1-2H3/t9-,10+,11-,12+. The third-order valence-corrected chi connectivity index (χ3v) is 5.30. The van der Waals surface area contributed by atoms with Gasteiger partial charge in [-0.3, -0.25) is 0 Å². The minimum atomic E-state index is 0.819. The fourth-order valence-corrected chi connectivity index (χ4v) is 4.32. The summed E-state index contributed by atoms with van der Waals surface area (Å²) in [7, 11) is 4.57. The number of fused-ring (bicyclic) bond motifs is 4. The predicted molar refractivity (Wildman–Crippen MR) is 63.1 cm³/mol. The molecule has 4 saturated heterocycles. The summed E-state index contributed by atoms with van der Waals surface area (Å²) >= 11 is 0. The lowest BCUT2D eigenvalue weighted by atomic mass is 10.2. The lowest BCUT2D eigenvalue weighted by Gasteiger charge is -2.43. The van der Waals surface area contributed by atoms with Crippen molar-refractivity contribution in [3.05, 3.63) is 0 Å². The van der Waals surface area contributed by atoms with Crippen molar-refractivity contribution in [2.45, 2.75) is 37.0 Å². The van der Waals surface area contributed by atoms with E-state index in [1.165, 1.54) is 39.0 Å². The van der Waals surface area contributed by atoms with E-state index in [9.17, 15) is 0 Å². The molecule has 4 rings (SSSR count). The molecular formula is C12H22N4. The first-order valence-corrected chi connectivity index (χ1v) is 6.66. The van der Waals surface area contributed by atoms with Gasteiger partial charge in [0, 0.05) is 50.3 Å². The Labute approximate surface area is 97.7 Å². The third-order valence-electron chi connectivity index (χ3n) is 5.30. The average molecular weight is 222 g/mol. The van der Waals surface area contributed by atoms with Gasteiger partial charge in [0.25, 0.3) is 0 Å². The van der Waals surface area contributed by atoms with Crippen LogP contribution in [-0.4, -0.2) is 84.3 Å². The van der Waals surface area contributed by atoms with Crippen LogP contribution in [0.4, 0.5) is 0 Å². The van der Waals surface area contributed by atoms with E-state index in [1.54, 1.807) is 0 Å². The number of nitrogens with zero attached hydrogens (tertiary/aromatic N) is 4. The zero-order valence-corrected chi connectivity index (χ0v) is 10.3. The summed E-state index contributed by atoms with van der Waals surface area (Å²) in [4.78, 5) is 5.09. The molecular weight excluding hydrogens is 200 g/mol. The number of likely N-dealkylation sites (N-methyl/N-ethyl adjacent to an activating group) is 2. The maximum Gasteiger partial charge on any atom is 0.0389 e. The summed E-state index contributed by atoms with van der Waals surface area (Å²) < 4.78 is 0. The van der Waals surface area contributed by atoms with Crippen molar-refractivity contribution in [3.63, 3.8) is 0 Å². The van der Waals surface area contributed by atoms with Crippen LogP contribution in [0.2, 0.25) is 0 Å². The predicted octanol–water partition coefficient (Wildman–Crippen LogP) is -0.322. The summed E-state index contributed by atoms with van der Waals surface area (Å²) in [5, 5.41) is 5.42. The number of hydrogen-bond donors (Lipinski definition) is 0. The van der Waals surface area contributed by atoms with Gasteiger partial charge >= 0.3 is 0 Å². The van der Waals surface area contributed by atoms with Gasteiger partial charge in [0.15, 0.2) is 0 Å². The number of likely N-dealkylation sites (tertiary alicyclic amines) is 2. The molecule has 0 amide bonds. The Bertz CT molecular complexity index is 273. The minimum absolute atomic E-state index is 0.819. The van der Waals surface area contributed by atoms with Gasteiger partial charge in [-0.1, -0.05) is 0 Å². The van der Waals surface area contributed by atoms with Crippen molar-refractivity contribution >= 4 is 0 Å². The molecule has 16 heavy (non-hydrogen) atoms. The van der Waals surface area contributed by atoms with Crippen molar-refractivity contribution in [2.24, 2.45) is 0 Å². The Morgan fingerprint density at radius 1 is 0.625 bits per heavy atom. The second kappa shape index (κ2) is 3.19. The summed E-state index contributed by atoms with van der Waals surface area (Å²) in [6.45, 7) is 5.14. The van der Waals surface area contributed by atoms with Crippen LogP contribution < -0.4 is 0 Å². The van der Waals surface area contributed by atoms with E-state index in [-0.39, 0.29) is 0 Å². The molecule has 0 radical (unpaired) electrons. The van der Waals surface area contributed by atoms with Gasteiger partial charge in [-0.15, -0.1) is 0 Å². The van der Waals surface area contributed by atoms with Crippen molar-refractivity contribution in [1.82, 2.24) is 19.8 Å². The highest BCUT2D eigenvalue weighted by atomic mass is 15.7. The van der Waals surface area contributed by atoms with Crippen LogP contribution in [0.25, 0.3) is 0 Å². The number of rotatable bonds is 1. The maximum atomic E-state index is 2.71. The fourth-order valence-electron chi connectivity index (χ4n) is 4.32. The highest BCUT2D eigenvalue weighted by Gasteiger charge is 2.50. The molecule has 4 bridgehead atoms. The van der Waals surface area contributed by atoms with Gasteiger partial charge in [-0.2, -0.15) is 0 Å². The molecule has 4 heteroatoms. The average Bonchev–Trinajstić information content (AvgIpc) is 2.93. The van der Waals surface area contributed by atoms with Gasteiger partial charge in [0.1, 0.15) is 0 Å². The molecule has 0 unspecified atom stereocenters. The van der Waals surface area contributed by atoms with Crippen LogP contribution >= 0.6 is 0 Å². The molecule has 4 fully saturated rings. The Balaban J connectivity index is 1.50. The first-order valence-electron chi connectivity index (χ1n) is 6.66. The molecule has 0 aromatic heterocycles. The van der Waals surface area contributed by atoms with Crippen LogP contribution in [0, 0.1) is 0 Å². The highest BCUT2D eigenvalue weighted by Crippen LogP contribution is 2.37. The summed E-state index contributed by atoms with van der Waals surface area (Å²) in [5.74, 6) is 0. The van der Waals surface area contributed by atoms with Crippen LogP contribution in [-0.2, 0) is 0 Å². The van der Waals surface area contributed by atoms with Gasteiger partial charge in [0.05, 0.1) is 0 Å². The molecule has 4 aliphatic rings. The monoisotopic (exact) mass is 222 g/mol. The minimum Gasteiger partial charge on any atom is -0.300 e. The van der Waals surface area contributed by atoms with Gasteiger partial charge < -0.3 is 9.80 Å². The van der Waals surface area contributed by atoms with Crippen molar-refractivity contribution < 1.29 is 0 Å². The van der Waals surface area contributed by atoms with E-state index >= 15 is 0 Å². The van der Waals surface area contributed by atoms with E-state index in [0.29, 0.717) is 0 Å². The van der Waals surface area contributed by atoms with Crippen LogP contribution in [0.3, 0.4) is 0 Å². The van der Waals surface area contributed by atoms with E-state index in [0.717, 1.165) is 24.2 Å². The lowest BCUT2D eigenvalue weighted by Crippen LogP contribution is -2.58. The molecule has 4 nitrogen and oxygen atoms in total. The quantitative estimate of drug-likeness (QED) is 0.603. The maximum absolute atomic E-state index is 2.71. The van der Waals surface area contributed by atoms with Crippen molar-refractivity contribution in [3.8, 4) is 0 Å². The summed E-state index contributed by atoms with van der Waals surface area (Å²) in [6, 6.07) is 3.31. The summed E-state index contributed by atoms with van der Waals surface area (Å²) in [5.41, 5.74) is 0. The smallest absolute Gasteiger partial charge is 0.0389 e. The molecule has 4 atom stereocenters. The molecule has 0 aromatic rings. The SMILES string of the molecule is CN1C[C@H]2C[C@@H]1CN2N1C[C@@H]2C[C@H]1CN2C. The van der Waals surface area contributed by atoms with Crippen molar-refractivity contribution in [2.75, 3.05) is 40.3 Å². The van der Waals surface area contributed by atoms with Gasteiger partial charge in [0.2, 0.25) is 0 Å². The normalized spacial score (nSPS) is 49.9. The van der Waals surface area contributed by atoms with Crippen LogP contribution in [0.5, 0.6) is 0 Å². The number of hydrazine groups is 1. The number of hydrogen-bond acceptors (Lipinski definition) is 4. The van der Waals surface area contributed by atoms with E-state index in [2.05, 4.69) is 33.9 Å². The first kappa shape index (κ1) is 9.83. The van der Waals surface area contributed by atoms with Crippen LogP contribution in [0.1, 0.15) is 12.8 Å². The fraction of sp³-hybridized carbons (Fsp3) is 1.00. The summed E-state index contributed by atoms with van der Waals surface area (Å²) in [6.07, 6.45) is 2.81. The first-order chi connectivity index (χ1) is 7.72. The molecule has 0 N–H and O–H groups in total. The molecule has 0 saturated carbocycles. The van der Waals surface area contributed by atoms with Gasteiger partial charge in [-0.25, -0.2) is 10.0 Å². The zero-order chi connectivity index (χ0) is 10.9. The Kier molecular flexibility index (Phi) is 1.96. The molecule has 90 valence electrons. The highest BCUT2D eigenvalue weighted by molar-refractivity contribution is 5.03. The second-order valence-corrected chi connectivity index (χ2v) is 6.21. The van der Waals surface area contributed by atoms with E-state index in [1.807, 2.05) is 0 Å². The molecule has 0 spiro atoms. The second-order valence-electron chi connectivity index (χ2n) is 6.21. The van der Waals surface area contributed by atoms with E-state index in [4.69, 9.17) is 0 Å². The Hall–Kier alpha value is -0.160. The topological polar surface area (TPSA) is 13.0 Å². The van der Waals surface area contributed by atoms with Crippen molar-refractivity contribution in [1.29, 1.82) is 0 Å². The molecule has 4 aliphatic heterocycles. The van der Waals surface area contributed by atoms with Crippen LogP contribution in [0.15, 0.2) is 0 Å². The number of piperazine rings is 2. The van der Waals surface area contributed by atoms with Gasteiger partial charge in [-0.05, 0) is 26.9 Å². The molecule has 0 aromatic carbocycles. The zero-order valence-electron chi connectivity index (χ0n) is 10.3. The molecule has 4 heterocycles. The lowest BCUT2D eigenvalue weighted by molar-refractivity contribution is -0.0884. The van der Waals surface area contributed by atoms with E-state index < -0.39 is 0 Å². The third kappa shape index (κ3) is 1.19. The molecule has 0 aliphatic carbocycles.